The minimum atomic E-state index is -6.13. The van der Waals surface area contributed by atoms with Gasteiger partial charge in [-0.15, -0.1) is 0 Å². The SMILES string of the molecule is O=C(Nc1ccc(S(=O)(=O)Cl)c(F)c1)C(F)(F)C(F)(F)F. The average molecular weight is 356 g/mol. The fourth-order valence-corrected chi connectivity index (χ4v) is 2.01. The molecule has 0 spiro atoms. The summed E-state index contributed by atoms with van der Waals surface area (Å²) in [6.07, 6.45) is -6.13. The molecule has 0 atom stereocenters. The second-order valence-corrected chi connectivity index (χ2v) is 6.14. The van der Waals surface area contributed by atoms with Crippen LogP contribution in [0.5, 0.6) is 0 Å². The average Bonchev–Trinajstić information content (AvgIpc) is 2.25. The Morgan fingerprint density at radius 3 is 2.05 bits per heavy atom. The molecule has 0 fully saturated rings. The van der Waals surface area contributed by atoms with Gasteiger partial charge >= 0.3 is 18.0 Å². The van der Waals surface area contributed by atoms with Gasteiger partial charge in [0.1, 0.15) is 10.7 Å². The van der Waals surface area contributed by atoms with Gasteiger partial charge in [-0.3, -0.25) is 4.79 Å². The molecule has 0 bridgehead atoms. The fourth-order valence-electron chi connectivity index (χ4n) is 1.11. The van der Waals surface area contributed by atoms with Gasteiger partial charge in [-0.05, 0) is 18.2 Å². The van der Waals surface area contributed by atoms with Crippen LogP contribution in [0.15, 0.2) is 23.1 Å². The first-order valence-electron chi connectivity index (χ1n) is 4.77. The molecule has 0 saturated carbocycles. The Hall–Kier alpha value is -1.49. The summed E-state index contributed by atoms with van der Waals surface area (Å²) in [6.45, 7) is 0. The van der Waals surface area contributed by atoms with Crippen LogP contribution in [0.1, 0.15) is 0 Å². The first-order chi connectivity index (χ1) is 9.26. The van der Waals surface area contributed by atoms with Gasteiger partial charge in [0, 0.05) is 16.4 Å². The van der Waals surface area contributed by atoms with E-state index >= 15 is 0 Å². The number of nitrogens with one attached hydrogen (secondary N) is 1. The third-order valence-electron chi connectivity index (χ3n) is 2.09. The predicted octanol–water partition coefficient (Wildman–Crippen LogP) is 2.89. The number of hydrogen-bond acceptors (Lipinski definition) is 3. The summed E-state index contributed by atoms with van der Waals surface area (Å²) < 4.78 is 96.0. The van der Waals surface area contributed by atoms with Gasteiger partial charge in [0.05, 0.1) is 0 Å². The smallest absolute Gasteiger partial charge is 0.320 e. The zero-order valence-corrected chi connectivity index (χ0v) is 11.1. The molecule has 0 aliphatic carbocycles. The van der Waals surface area contributed by atoms with E-state index in [0.29, 0.717) is 12.1 Å². The first kappa shape index (κ1) is 17.6. The Kier molecular flexibility index (Phi) is 4.49. The molecule has 1 aromatic rings. The molecule has 1 rings (SSSR count). The van der Waals surface area contributed by atoms with E-state index in [2.05, 4.69) is 0 Å². The first-order valence-corrected chi connectivity index (χ1v) is 7.08. The van der Waals surface area contributed by atoms with Crippen molar-refractivity contribution in [3.05, 3.63) is 24.0 Å². The van der Waals surface area contributed by atoms with Gasteiger partial charge in [0.15, 0.2) is 0 Å². The van der Waals surface area contributed by atoms with Crippen LogP contribution in [0.2, 0.25) is 0 Å². The second-order valence-electron chi connectivity index (χ2n) is 3.61. The van der Waals surface area contributed by atoms with Crippen molar-refractivity contribution in [3.8, 4) is 0 Å². The Labute approximate surface area is 118 Å². The van der Waals surface area contributed by atoms with E-state index in [1.54, 1.807) is 0 Å². The van der Waals surface area contributed by atoms with Crippen LogP contribution < -0.4 is 5.32 Å². The second kappa shape index (κ2) is 5.37. The molecule has 0 saturated heterocycles. The van der Waals surface area contributed by atoms with Crippen LogP contribution >= 0.6 is 10.7 Å². The van der Waals surface area contributed by atoms with E-state index < -0.39 is 43.5 Å². The maximum atomic E-state index is 13.3. The molecule has 0 aliphatic rings. The van der Waals surface area contributed by atoms with E-state index in [1.165, 1.54) is 0 Å². The minimum Gasteiger partial charge on any atom is -0.320 e. The van der Waals surface area contributed by atoms with E-state index in [4.69, 9.17) is 10.7 Å². The lowest BCUT2D eigenvalue weighted by Gasteiger charge is -2.18. The number of carbonyl (C=O) groups excluding carboxylic acids is 1. The molecule has 1 N–H and O–H groups in total. The van der Waals surface area contributed by atoms with Crippen LogP contribution in [0, 0.1) is 5.82 Å². The van der Waals surface area contributed by atoms with Crippen LogP contribution in [0.25, 0.3) is 0 Å². The van der Waals surface area contributed by atoms with Crippen LogP contribution in [0.4, 0.5) is 32.0 Å². The maximum Gasteiger partial charge on any atom is 0.463 e. The third-order valence-corrected chi connectivity index (χ3v) is 3.45. The zero-order chi connectivity index (χ0) is 16.6. The van der Waals surface area contributed by atoms with Gasteiger partial charge in [0.2, 0.25) is 0 Å². The van der Waals surface area contributed by atoms with Crippen molar-refractivity contribution in [1.29, 1.82) is 0 Å². The predicted molar refractivity (Wildman–Crippen MR) is 59.1 cm³/mol. The summed E-state index contributed by atoms with van der Waals surface area (Å²) >= 11 is 0. The number of amides is 1. The van der Waals surface area contributed by atoms with Crippen LogP contribution in [-0.2, 0) is 13.8 Å². The zero-order valence-electron chi connectivity index (χ0n) is 9.51. The lowest BCUT2D eigenvalue weighted by Crippen LogP contribution is -2.47. The lowest BCUT2D eigenvalue weighted by atomic mass is 10.2. The highest BCUT2D eigenvalue weighted by atomic mass is 35.7. The third kappa shape index (κ3) is 3.79. The van der Waals surface area contributed by atoms with Crippen molar-refractivity contribution in [2.45, 2.75) is 17.0 Å². The molecule has 0 aliphatic heterocycles. The molecule has 4 nitrogen and oxygen atoms in total. The molecule has 0 heterocycles. The molecule has 1 aromatic carbocycles. The highest BCUT2D eigenvalue weighted by molar-refractivity contribution is 8.13. The van der Waals surface area contributed by atoms with Gasteiger partial charge in [-0.2, -0.15) is 22.0 Å². The van der Waals surface area contributed by atoms with Crippen molar-refractivity contribution in [1.82, 2.24) is 0 Å². The van der Waals surface area contributed by atoms with Crippen molar-refractivity contribution in [3.63, 3.8) is 0 Å². The Morgan fingerprint density at radius 1 is 1.14 bits per heavy atom. The lowest BCUT2D eigenvalue weighted by molar-refractivity contribution is -0.267. The Bertz CT molecular complexity index is 673. The van der Waals surface area contributed by atoms with E-state index in [-0.39, 0.29) is 6.07 Å². The fraction of sp³-hybridized carbons (Fsp3) is 0.222. The highest BCUT2D eigenvalue weighted by Gasteiger charge is 2.63. The van der Waals surface area contributed by atoms with Crippen molar-refractivity contribution in [2.24, 2.45) is 0 Å². The molecule has 1 amide bonds. The summed E-state index contributed by atoms with van der Waals surface area (Å²) in [5.41, 5.74) is -0.800. The number of carbonyl (C=O) groups is 1. The number of hydrogen-bond donors (Lipinski definition) is 1. The molecular weight excluding hydrogens is 352 g/mol. The highest BCUT2D eigenvalue weighted by Crippen LogP contribution is 2.36. The summed E-state index contributed by atoms with van der Waals surface area (Å²) in [6, 6.07) is 1.33. The number of halogens is 7. The van der Waals surface area contributed by atoms with Gasteiger partial charge in [-0.25, -0.2) is 12.8 Å². The molecular formula is C9H4ClF6NO3S. The molecule has 0 unspecified atom stereocenters. The Balaban J connectivity index is 3.06. The van der Waals surface area contributed by atoms with Gasteiger partial charge in [0.25, 0.3) is 9.05 Å². The Morgan fingerprint density at radius 2 is 1.67 bits per heavy atom. The topological polar surface area (TPSA) is 63.2 Å². The standard InChI is InChI=1S/C9H4ClF6NO3S/c10-21(19,20)6-2-1-4(3-5(6)11)17-7(18)8(12,13)9(14,15)16/h1-3H,(H,17,18). The molecule has 0 aromatic heterocycles. The normalized spacial score (nSPS) is 13.1. The van der Waals surface area contributed by atoms with Crippen molar-refractivity contribution >= 4 is 31.3 Å². The number of benzene rings is 1. The van der Waals surface area contributed by atoms with Crippen LogP contribution in [-0.4, -0.2) is 26.4 Å². The molecule has 0 radical (unpaired) electrons. The largest absolute Gasteiger partial charge is 0.463 e. The maximum absolute atomic E-state index is 13.3. The monoisotopic (exact) mass is 355 g/mol. The molecule has 21 heavy (non-hydrogen) atoms. The number of rotatable bonds is 3. The van der Waals surface area contributed by atoms with E-state index in [9.17, 15) is 39.6 Å². The van der Waals surface area contributed by atoms with Gasteiger partial charge in [-0.1, -0.05) is 0 Å². The summed E-state index contributed by atoms with van der Waals surface area (Å²) in [4.78, 5) is 9.80. The minimum absolute atomic E-state index is 0.236. The number of alkyl halides is 5. The summed E-state index contributed by atoms with van der Waals surface area (Å²) in [7, 11) is 0.356. The molecule has 118 valence electrons. The van der Waals surface area contributed by atoms with Crippen molar-refractivity contribution < 1.29 is 39.6 Å². The van der Waals surface area contributed by atoms with E-state index in [0.717, 1.165) is 5.32 Å². The van der Waals surface area contributed by atoms with Gasteiger partial charge < -0.3 is 5.32 Å². The summed E-state index contributed by atoms with van der Waals surface area (Å²) in [5, 5.41) is 1.12. The van der Waals surface area contributed by atoms with E-state index in [1.807, 2.05) is 0 Å². The van der Waals surface area contributed by atoms with Crippen LogP contribution in [0.3, 0.4) is 0 Å². The van der Waals surface area contributed by atoms with Crippen molar-refractivity contribution in [2.75, 3.05) is 5.32 Å². The molecule has 12 heteroatoms. The summed E-state index contributed by atoms with van der Waals surface area (Å²) in [5.74, 6) is -9.96. The quantitative estimate of drug-likeness (QED) is 0.670. The number of anilines is 1.